The van der Waals surface area contributed by atoms with E-state index in [9.17, 15) is 37.6 Å². The zero-order valence-electron chi connectivity index (χ0n) is 23.4. The van der Waals surface area contributed by atoms with Gasteiger partial charge in [0.1, 0.15) is 18.1 Å². The molecule has 1 aliphatic heterocycles. The van der Waals surface area contributed by atoms with Crippen molar-refractivity contribution < 1.29 is 47.0 Å². The van der Waals surface area contributed by atoms with E-state index < -0.39 is 59.4 Å². The number of nitrogens with zero attached hydrogens (tertiary/aromatic N) is 2. The number of ether oxygens (including phenoxy) is 1. The summed E-state index contributed by atoms with van der Waals surface area (Å²) in [5, 5.41) is 22.0. The number of carbonyl (C=O) groups excluding carboxylic acids is 4. The maximum Gasteiger partial charge on any atom is 0.490 e. The minimum Gasteiger partial charge on any atom is -0.475 e. The van der Waals surface area contributed by atoms with E-state index in [0.29, 0.717) is 25.1 Å². The average Bonchev–Trinajstić information content (AvgIpc) is 3.37. The molecule has 1 aromatic rings. The molecule has 0 spiro atoms. The van der Waals surface area contributed by atoms with Crippen LogP contribution in [0.5, 0.6) is 0 Å². The molecule has 1 aromatic carbocycles. The summed E-state index contributed by atoms with van der Waals surface area (Å²) in [7, 11) is 0. The predicted octanol–water partition coefficient (Wildman–Crippen LogP) is 2.65. The van der Waals surface area contributed by atoms with Crippen LogP contribution in [-0.4, -0.2) is 77.1 Å². The number of carbonyl (C=O) groups is 5. The number of halogens is 4. The molecular weight excluding hydrogens is 587 g/mol. The first kappa shape index (κ1) is 36.0. The Morgan fingerprint density at radius 3 is 2.29 bits per heavy atom. The molecule has 0 aromatic heterocycles. The van der Waals surface area contributed by atoms with Crippen LogP contribution in [0.2, 0.25) is 5.02 Å². The lowest BCUT2D eigenvalue weighted by Gasteiger charge is -2.35. The minimum atomic E-state index is -5.08. The summed E-state index contributed by atoms with van der Waals surface area (Å²) >= 11 is 6.03. The van der Waals surface area contributed by atoms with Gasteiger partial charge in [0.2, 0.25) is 11.8 Å². The lowest BCUT2D eigenvalue weighted by Crippen LogP contribution is -2.58. The van der Waals surface area contributed by atoms with E-state index in [2.05, 4.69) is 10.6 Å². The zero-order valence-corrected chi connectivity index (χ0v) is 24.1. The molecule has 42 heavy (non-hydrogen) atoms. The number of rotatable bonds is 8. The summed E-state index contributed by atoms with van der Waals surface area (Å²) < 4.78 is 36.6. The Labute approximate surface area is 245 Å². The summed E-state index contributed by atoms with van der Waals surface area (Å²) in [6.07, 6.45) is -4.40. The number of likely N-dealkylation sites (tertiary alicyclic amines) is 1. The van der Waals surface area contributed by atoms with Gasteiger partial charge in [-0.05, 0) is 43.4 Å². The Morgan fingerprint density at radius 1 is 1.21 bits per heavy atom. The van der Waals surface area contributed by atoms with Gasteiger partial charge in [-0.3, -0.25) is 19.2 Å². The van der Waals surface area contributed by atoms with Crippen molar-refractivity contribution in [2.24, 2.45) is 5.41 Å². The molecule has 0 unspecified atom stereocenters. The highest BCUT2D eigenvalue weighted by Gasteiger charge is 2.42. The molecule has 16 heteroatoms. The van der Waals surface area contributed by atoms with Crippen LogP contribution >= 0.6 is 11.6 Å². The summed E-state index contributed by atoms with van der Waals surface area (Å²) in [5.41, 5.74) is 5.62. The van der Waals surface area contributed by atoms with E-state index >= 15 is 0 Å². The van der Waals surface area contributed by atoms with E-state index in [0.717, 1.165) is 0 Å². The van der Waals surface area contributed by atoms with Crippen LogP contribution in [0, 0.1) is 16.7 Å². The first-order valence-electron chi connectivity index (χ1n) is 12.7. The third kappa shape index (κ3) is 10.7. The lowest BCUT2D eigenvalue weighted by atomic mass is 9.85. The molecule has 5 N–H and O–H groups in total. The van der Waals surface area contributed by atoms with Gasteiger partial charge in [0.05, 0.1) is 29.8 Å². The van der Waals surface area contributed by atoms with E-state index in [1.807, 2.05) is 26.8 Å². The van der Waals surface area contributed by atoms with Crippen LogP contribution in [-0.2, 0) is 23.9 Å². The zero-order chi connectivity index (χ0) is 32.4. The maximum absolute atomic E-state index is 13.6. The van der Waals surface area contributed by atoms with Gasteiger partial charge in [0.25, 0.3) is 5.91 Å². The van der Waals surface area contributed by atoms with Crippen LogP contribution in [0.1, 0.15) is 57.3 Å². The third-order valence-electron chi connectivity index (χ3n) is 5.88. The van der Waals surface area contributed by atoms with Crippen molar-refractivity contribution >= 4 is 46.9 Å². The molecule has 3 atom stereocenters. The number of amides is 3. The minimum absolute atomic E-state index is 0.165. The Balaban J connectivity index is 0.00000112. The van der Waals surface area contributed by atoms with E-state index in [-0.39, 0.29) is 23.6 Å². The van der Waals surface area contributed by atoms with Gasteiger partial charge in [0.15, 0.2) is 0 Å². The Bertz CT molecular complexity index is 1210. The molecule has 232 valence electrons. The van der Waals surface area contributed by atoms with Gasteiger partial charge in [-0.15, -0.1) is 0 Å². The largest absolute Gasteiger partial charge is 0.490 e. The molecule has 3 amide bonds. The van der Waals surface area contributed by atoms with Gasteiger partial charge in [-0.25, -0.2) is 4.79 Å². The standard InChI is InChI=1S/C24H32ClN5O5.C2HF3O2/c1-5-35-19(31)12-15(13-26)28-22(33)18-7-6-10-30(18)23(34)20(24(2,3)4)29-21(32)14-8-9-17(27)16(25)11-14;3-2(4,5)1(6)7/h8-9,11,15,18,20H,5-7,10,12,27H2,1-4H3,(H,28,33)(H,29,32);(H,6,7)/t15-,18-,20+;/m0./s1. The number of hydrogen-bond acceptors (Lipinski definition) is 8. The number of nitrogens with one attached hydrogen (secondary N) is 2. The molecule has 0 saturated carbocycles. The Morgan fingerprint density at radius 2 is 1.81 bits per heavy atom. The number of hydrogen-bond donors (Lipinski definition) is 4. The summed E-state index contributed by atoms with van der Waals surface area (Å²) in [4.78, 5) is 61.4. The smallest absolute Gasteiger partial charge is 0.475 e. The monoisotopic (exact) mass is 619 g/mol. The molecule has 1 heterocycles. The number of aliphatic carboxylic acids is 1. The van der Waals surface area contributed by atoms with Gasteiger partial charge in [-0.2, -0.15) is 18.4 Å². The number of nitriles is 1. The first-order chi connectivity index (χ1) is 19.3. The van der Waals surface area contributed by atoms with Crippen molar-refractivity contribution in [1.82, 2.24) is 15.5 Å². The van der Waals surface area contributed by atoms with Crippen molar-refractivity contribution in [3.63, 3.8) is 0 Å². The molecular formula is C26H33ClF3N5O7. The van der Waals surface area contributed by atoms with Crippen molar-refractivity contribution in [1.29, 1.82) is 5.26 Å². The van der Waals surface area contributed by atoms with Crippen molar-refractivity contribution in [3.8, 4) is 6.07 Å². The Kier molecular flexibility index (Phi) is 13.1. The molecule has 12 nitrogen and oxygen atoms in total. The normalized spacial score (nSPS) is 16.2. The molecule has 1 saturated heterocycles. The van der Waals surface area contributed by atoms with Crippen LogP contribution in [0.15, 0.2) is 18.2 Å². The van der Waals surface area contributed by atoms with Gasteiger partial charge in [-0.1, -0.05) is 32.4 Å². The van der Waals surface area contributed by atoms with Crippen LogP contribution < -0.4 is 16.4 Å². The highest BCUT2D eigenvalue weighted by atomic mass is 35.5. The third-order valence-corrected chi connectivity index (χ3v) is 6.21. The van der Waals surface area contributed by atoms with Crippen molar-refractivity contribution in [3.05, 3.63) is 28.8 Å². The average molecular weight is 620 g/mol. The Hall–Kier alpha value is -4.06. The fourth-order valence-corrected chi connectivity index (χ4v) is 3.96. The lowest BCUT2D eigenvalue weighted by molar-refractivity contribution is -0.192. The number of anilines is 1. The number of carboxylic acids is 1. The fourth-order valence-electron chi connectivity index (χ4n) is 3.78. The molecule has 1 aliphatic rings. The number of nitrogens with two attached hydrogens (primary N) is 1. The second-order valence-corrected chi connectivity index (χ2v) is 10.6. The van der Waals surface area contributed by atoms with E-state index in [4.69, 9.17) is 32.0 Å². The summed E-state index contributed by atoms with van der Waals surface area (Å²) in [6, 6.07) is 3.48. The highest BCUT2D eigenvalue weighted by molar-refractivity contribution is 6.33. The quantitative estimate of drug-likeness (QED) is 0.250. The number of nitrogen functional groups attached to an aromatic ring is 1. The topological polar surface area (TPSA) is 192 Å². The maximum atomic E-state index is 13.6. The molecule has 0 bridgehead atoms. The van der Waals surface area contributed by atoms with Gasteiger partial charge >= 0.3 is 18.1 Å². The number of benzene rings is 1. The second-order valence-electron chi connectivity index (χ2n) is 10.2. The van der Waals surface area contributed by atoms with Gasteiger partial charge in [0, 0.05) is 12.1 Å². The van der Waals surface area contributed by atoms with Crippen molar-refractivity contribution in [2.75, 3.05) is 18.9 Å². The number of alkyl halides is 3. The van der Waals surface area contributed by atoms with Crippen LogP contribution in [0.25, 0.3) is 0 Å². The number of esters is 1. The first-order valence-corrected chi connectivity index (χ1v) is 13.0. The SMILES string of the molecule is CCOC(=O)C[C@@H](C#N)NC(=O)[C@@H]1CCCN1C(=O)[C@@H](NC(=O)c1ccc(N)c(Cl)c1)C(C)(C)C.O=C(O)C(F)(F)F. The fraction of sp³-hybridized carbons (Fsp3) is 0.538. The predicted molar refractivity (Wildman–Crippen MR) is 144 cm³/mol. The van der Waals surface area contributed by atoms with Gasteiger partial charge < -0.3 is 31.1 Å². The summed E-state index contributed by atoms with van der Waals surface area (Å²) in [5.74, 6) is -4.80. The second kappa shape index (κ2) is 15.2. The van der Waals surface area contributed by atoms with Crippen molar-refractivity contribution in [2.45, 2.75) is 71.3 Å². The molecule has 0 aliphatic carbocycles. The van der Waals surface area contributed by atoms with Crippen LogP contribution in [0.4, 0.5) is 18.9 Å². The van der Waals surface area contributed by atoms with Crippen LogP contribution in [0.3, 0.4) is 0 Å². The van der Waals surface area contributed by atoms with E-state index in [1.54, 1.807) is 6.92 Å². The molecule has 1 fully saturated rings. The van der Waals surface area contributed by atoms with E-state index in [1.165, 1.54) is 23.1 Å². The number of carboxylic acid groups (broad SMARTS) is 1. The molecule has 0 radical (unpaired) electrons. The molecule has 2 rings (SSSR count). The summed E-state index contributed by atoms with van der Waals surface area (Å²) in [6.45, 7) is 7.55. The highest BCUT2D eigenvalue weighted by Crippen LogP contribution is 2.27.